The number of benzene rings is 2. The van der Waals surface area contributed by atoms with Gasteiger partial charge in [0.15, 0.2) is 0 Å². The second-order valence-electron chi connectivity index (χ2n) is 9.04. The van der Waals surface area contributed by atoms with E-state index < -0.39 is 0 Å². The fraction of sp³-hybridized carbons (Fsp3) is 0.370. The van der Waals surface area contributed by atoms with Crippen molar-refractivity contribution in [1.82, 2.24) is 0 Å². The number of nitrogens with zero attached hydrogens (tertiary/aromatic N) is 1. The SMILES string of the molecule is Cc1ccc2cc(-c3ccc(/C=C(\C#N)CC4CC(C)CC(C)C4)s3)ccc2c1. The van der Waals surface area contributed by atoms with E-state index in [1.807, 2.05) is 0 Å². The molecule has 0 N–H and O–H groups in total. The van der Waals surface area contributed by atoms with Gasteiger partial charge in [-0.3, -0.25) is 0 Å². The number of fused-ring (bicyclic) bond motifs is 1. The number of thiophene rings is 1. The van der Waals surface area contributed by atoms with Crippen molar-refractivity contribution >= 4 is 28.2 Å². The first kappa shape index (κ1) is 19.9. The van der Waals surface area contributed by atoms with Gasteiger partial charge in [-0.25, -0.2) is 0 Å². The fourth-order valence-corrected chi connectivity index (χ4v) is 5.98. The van der Waals surface area contributed by atoms with E-state index in [0.29, 0.717) is 5.92 Å². The Bertz CT molecular complexity index is 1070. The summed E-state index contributed by atoms with van der Waals surface area (Å²) in [6.45, 7) is 6.84. The van der Waals surface area contributed by atoms with Crippen LogP contribution in [-0.4, -0.2) is 0 Å². The first-order valence-corrected chi connectivity index (χ1v) is 11.5. The molecule has 1 heterocycles. The summed E-state index contributed by atoms with van der Waals surface area (Å²) in [6.07, 6.45) is 6.89. The Kier molecular flexibility index (Phi) is 5.88. The molecule has 1 aromatic heterocycles. The van der Waals surface area contributed by atoms with E-state index in [9.17, 15) is 5.26 Å². The molecule has 29 heavy (non-hydrogen) atoms. The van der Waals surface area contributed by atoms with Crippen LogP contribution in [0.25, 0.3) is 27.3 Å². The third kappa shape index (κ3) is 4.80. The molecule has 4 rings (SSSR count). The Balaban J connectivity index is 1.53. The largest absolute Gasteiger partial charge is 0.193 e. The Labute approximate surface area is 178 Å². The number of nitriles is 1. The lowest BCUT2D eigenvalue weighted by atomic mass is 9.74. The highest BCUT2D eigenvalue weighted by molar-refractivity contribution is 7.16. The normalized spacial score (nSPS) is 22.6. The molecule has 0 bridgehead atoms. The van der Waals surface area contributed by atoms with E-state index in [2.05, 4.69) is 81.4 Å². The Morgan fingerprint density at radius 1 is 1.00 bits per heavy atom. The van der Waals surface area contributed by atoms with Gasteiger partial charge in [0.05, 0.1) is 6.07 Å². The zero-order valence-electron chi connectivity index (χ0n) is 17.6. The monoisotopic (exact) mass is 399 g/mol. The van der Waals surface area contributed by atoms with E-state index >= 15 is 0 Å². The van der Waals surface area contributed by atoms with E-state index in [1.54, 1.807) is 11.3 Å². The lowest BCUT2D eigenvalue weighted by Crippen LogP contribution is -2.19. The highest BCUT2D eigenvalue weighted by Gasteiger charge is 2.24. The Morgan fingerprint density at radius 2 is 1.72 bits per heavy atom. The summed E-state index contributed by atoms with van der Waals surface area (Å²) in [5, 5.41) is 12.3. The molecule has 0 aliphatic heterocycles. The lowest BCUT2D eigenvalue weighted by Gasteiger charge is -2.31. The summed E-state index contributed by atoms with van der Waals surface area (Å²) < 4.78 is 0. The molecule has 1 fully saturated rings. The smallest absolute Gasteiger partial charge is 0.0947 e. The van der Waals surface area contributed by atoms with Crippen LogP contribution in [0, 0.1) is 36.0 Å². The standard InChI is InChI=1S/C27H29NS/c1-18-4-5-24-16-25(7-6-23(24)13-18)27-9-8-26(29-27)15-22(17-28)14-21-11-19(2)10-20(3)12-21/h4-9,13,15-16,19-21H,10-12,14H2,1-3H3/b22-15-. The van der Waals surface area contributed by atoms with Crippen molar-refractivity contribution in [3.8, 4) is 16.5 Å². The molecule has 1 aliphatic rings. The van der Waals surface area contributed by atoms with Crippen LogP contribution >= 0.6 is 11.3 Å². The molecule has 0 spiro atoms. The quantitative estimate of drug-likeness (QED) is 0.405. The maximum Gasteiger partial charge on any atom is 0.0947 e. The maximum absolute atomic E-state index is 9.70. The minimum Gasteiger partial charge on any atom is -0.193 e. The van der Waals surface area contributed by atoms with Gasteiger partial charge >= 0.3 is 0 Å². The van der Waals surface area contributed by atoms with Gasteiger partial charge in [0.25, 0.3) is 0 Å². The van der Waals surface area contributed by atoms with Crippen molar-refractivity contribution in [3.05, 3.63) is 64.5 Å². The summed E-state index contributed by atoms with van der Waals surface area (Å²) in [6, 6.07) is 20.1. The fourth-order valence-electron chi connectivity index (χ4n) is 5.00. The molecule has 1 aliphatic carbocycles. The molecular weight excluding hydrogens is 370 g/mol. The third-order valence-electron chi connectivity index (χ3n) is 6.15. The van der Waals surface area contributed by atoms with Gasteiger partial charge in [0.1, 0.15) is 0 Å². The molecule has 3 aromatic rings. The predicted molar refractivity (Wildman–Crippen MR) is 126 cm³/mol. The minimum absolute atomic E-state index is 0.656. The molecule has 2 atom stereocenters. The van der Waals surface area contributed by atoms with Crippen LogP contribution in [0.1, 0.15) is 50.0 Å². The summed E-state index contributed by atoms with van der Waals surface area (Å²) in [7, 11) is 0. The highest BCUT2D eigenvalue weighted by Crippen LogP contribution is 2.37. The van der Waals surface area contributed by atoms with Gasteiger partial charge < -0.3 is 0 Å². The van der Waals surface area contributed by atoms with Gasteiger partial charge in [-0.05, 0) is 91.0 Å². The number of hydrogen-bond acceptors (Lipinski definition) is 2. The van der Waals surface area contributed by atoms with Crippen molar-refractivity contribution in [2.24, 2.45) is 17.8 Å². The third-order valence-corrected chi connectivity index (χ3v) is 7.23. The number of rotatable bonds is 4. The first-order chi connectivity index (χ1) is 14.0. The molecule has 0 saturated heterocycles. The summed E-state index contributed by atoms with van der Waals surface area (Å²) in [4.78, 5) is 2.44. The number of hydrogen-bond donors (Lipinski definition) is 0. The molecule has 2 unspecified atom stereocenters. The zero-order chi connectivity index (χ0) is 20.4. The first-order valence-electron chi connectivity index (χ1n) is 10.7. The van der Waals surface area contributed by atoms with E-state index in [0.717, 1.165) is 23.8 Å². The van der Waals surface area contributed by atoms with Crippen LogP contribution in [0.5, 0.6) is 0 Å². The number of aryl methyl sites for hydroxylation is 1. The molecular formula is C27H29NS. The molecule has 2 heteroatoms. The summed E-state index contributed by atoms with van der Waals surface area (Å²) in [5.41, 5.74) is 3.47. The summed E-state index contributed by atoms with van der Waals surface area (Å²) >= 11 is 1.78. The molecule has 0 radical (unpaired) electrons. The minimum atomic E-state index is 0.656. The predicted octanol–water partition coefficient (Wildman–Crippen LogP) is 8.25. The van der Waals surface area contributed by atoms with Gasteiger partial charge in [-0.1, -0.05) is 49.7 Å². The van der Waals surface area contributed by atoms with Crippen LogP contribution < -0.4 is 0 Å². The van der Waals surface area contributed by atoms with E-state index in [4.69, 9.17) is 0 Å². The van der Waals surface area contributed by atoms with Crippen LogP contribution in [0.3, 0.4) is 0 Å². The van der Waals surface area contributed by atoms with Crippen LogP contribution in [0.2, 0.25) is 0 Å². The average molecular weight is 400 g/mol. The lowest BCUT2D eigenvalue weighted by molar-refractivity contribution is 0.219. The van der Waals surface area contributed by atoms with Crippen molar-refractivity contribution in [2.45, 2.75) is 46.5 Å². The van der Waals surface area contributed by atoms with E-state index in [-0.39, 0.29) is 0 Å². The topological polar surface area (TPSA) is 23.8 Å². The van der Waals surface area contributed by atoms with Crippen molar-refractivity contribution in [3.63, 3.8) is 0 Å². The van der Waals surface area contributed by atoms with E-state index in [1.165, 1.54) is 50.9 Å². The molecule has 1 nitrogen and oxygen atoms in total. The molecule has 148 valence electrons. The molecule has 1 saturated carbocycles. The number of allylic oxidation sites excluding steroid dienone is 1. The summed E-state index contributed by atoms with van der Waals surface area (Å²) in [5.74, 6) is 2.23. The highest BCUT2D eigenvalue weighted by atomic mass is 32.1. The van der Waals surface area contributed by atoms with Crippen LogP contribution in [0.4, 0.5) is 0 Å². The van der Waals surface area contributed by atoms with Gasteiger partial charge in [0, 0.05) is 15.3 Å². The average Bonchev–Trinajstić information content (AvgIpc) is 3.14. The molecule has 0 amide bonds. The Hall–Kier alpha value is -2.37. The van der Waals surface area contributed by atoms with Crippen LogP contribution in [-0.2, 0) is 0 Å². The second kappa shape index (κ2) is 8.56. The van der Waals surface area contributed by atoms with Crippen molar-refractivity contribution in [2.75, 3.05) is 0 Å². The molecule has 2 aromatic carbocycles. The zero-order valence-corrected chi connectivity index (χ0v) is 18.4. The van der Waals surface area contributed by atoms with Gasteiger partial charge in [-0.2, -0.15) is 5.26 Å². The Morgan fingerprint density at radius 3 is 2.48 bits per heavy atom. The van der Waals surface area contributed by atoms with Gasteiger partial charge in [-0.15, -0.1) is 11.3 Å². The van der Waals surface area contributed by atoms with Crippen molar-refractivity contribution in [1.29, 1.82) is 5.26 Å². The van der Waals surface area contributed by atoms with Gasteiger partial charge in [0.2, 0.25) is 0 Å². The van der Waals surface area contributed by atoms with Crippen LogP contribution in [0.15, 0.2) is 54.1 Å². The maximum atomic E-state index is 9.70. The second-order valence-corrected chi connectivity index (χ2v) is 10.2. The van der Waals surface area contributed by atoms with Crippen molar-refractivity contribution < 1.29 is 0 Å².